The zero-order chi connectivity index (χ0) is 15.7. The summed E-state index contributed by atoms with van der Waals surface area (Å²) in [7, 11) is 0. The number of fused-ring (bicyclic) bond motifs is 2. The van der Waals surface area contributed by atoms with Crippen molar-refractivity contribution in [1.82, 2.24) is 39.9 Å². The van der Waals surface area contributed by atoms with Crippen molar-refractivity contribution in [2.24, 2.45) is 0 Å². The van der Waals surface area contributed by atoms with Gasteiger partial charge in [0.05, 0.1) is 12.7 Å². The Hall–Kier alpha value is -3.70. The van der Waals surface area contributed by atoms with E-state index in [4.69, 9.17) is 5.73 Å². The SMILES string of the molecule is Nc1nc2nc[nH]c2c(=O)[nH]1.O=c1[nH]c(=O)c2[nH]cnc2[nH]1. The van der Waals surface area contributed by atoms with E-state index in [9.17, 15) is 14.4 Å². The van der Waals surface area contributed by atoms with Gasteiger partial charge in [-0.15, -0.1) is 0 Å². The Labute approximate surface area is 118 Å². The molecule has 12 nitrogen and oxygen atoms in total. The quantitative estimate of drug-likeness (QED) is 0.219. The second kappa shape index (κ2) is 5.01. The zero-order valence-corrected chi connectivity index (χ0v) is 10.8. The Balaban J connectivity index is 0.000000131. The number of hydrogen-bond acceptors (Lipinski definition) is 7. The lowest BCUT2D eigenvalue weighted by molar-refractivity contribution is 1.07. The maximum atomic E-state index is 11.0. The Morgan fingerprint density at radius 2 is 1.55 bits per heavy atom. The molecule has 4 aromatic rings. The van der Waals surface area contributed by atoms with E-state index in [2.05, 4.69) is 39.9 Å². The predicted octanol–water partition coefficient (Wildman–Crippen LogP) is -1.83. The second-order valence-corrected chi connectivity index (χ2v) is 4.09. The summed E-state index contributed by atoms with van der Waals surface area (Å²) in [6.45, 7) is 0. The number of aromatic nitrogens is 8. The molecule has 0 aliphatic rings. The van der Waals surface area contributed by atoms with E-state index < -0.39 is 11.2 Å². The van der Waals surface area contributed by atoms with Gasteiger partial charge >= 0.3 is 5.69 Å². The molecule has 0 fully saturated rings. The van der Waals surface area contributed by atoms with Crippen molar-refractivity contribution in [3.05, 3.63) is 43.8 Å². The highest BCUT2D eigenvalue weighted by molar-refractivity contribution is 5.69. The van der Waals surface area contributed by atoms with E-state index in [0.29, 0.717) is 11.2 Å². The minimum Gasteiger partial charge on any atom is -0.369 e. The number of hydrogen-bond donors (Lipinski definition) is 6. The summed E-state index contributed by atoms with van der Waals surface area (Å²) in [4.78, 5) is 55.8. The molecule has 12 heteroatoms. The van der Waals surface area contributed by atoms with Gasteiger partial charge in [-0.25, -0.2) is 14.8 Å². The molecule has 4 rings (SSSR count). The van der Waals surface area contributed by atoms with Crippen LogP contribution in [0.5, 0.6) is 0 Å². The van der Waals surface area contributed by atoms with Gasteiger partial charge in [0.25, 0.3) is 11.1 Å². The summed E-state index contributed by atoms with van der Waals surface area (Å²) in [6.07, 6.45) is 2.74. The molecule has 0 amide bonds. The van der Waals surface area contributed by atoms with Crippen molar-refractivity contribution in [3.8, 4) is 0 Å². The molecule has 0 spiro atoms. The van der Waals surface area contributed by atoms with E-state index >= 15 is 0 Å². The molecule has 0 unspecified atom stereocenters. The number of nitrogens with one attached hydrogen (secondary N) is 5. The molecular formula is C10H9N9O3. The van der Waals surface area contributed by atoms with Crippen LogP contribution in [-0.2, 0) is 0 Å². The summed E-state index contributed by atoms with van der Waals surface area (Å²) in [5.41, 5.74) is 5.20. The molecular weight excluding hydrogens is 294 g/mol. The van der Waals surface area contributed by atoms with Crippen molar-refractivity contribution in [3.63, 3.8) is 0 Å². The summed E-state index contributed by atoms with van der Waals surface area (Å²) in [6, 6.07) is 0. The molecule has 4 aromatic heterocycles. The van der Waals surface area contributed by atoms with Gasteiger partial charge < -0.3 is 15.7 Å². The van der Waals surface area contributed by atoms with Gasteiger partial charge in [0.1, 0.15) is 5.52 Å². The Morgan fingerprint density at radius 1 is 0.864 bits per heavy atom. The first-order valence-electron chi connectivity index (χ1n) is 5.89. The molecule has 0 aliphatic heterocycles. The number of H-pyrrole nitrogens is 5. The maximum absolute atomic E-state index is 11.0. The molecule has 0 bridgehead atoms. The van der Waals surface area contributed by atoms with Crippen molar-refractivity contribution >= 4 is 28.3 Å². The number of rotatable bonds is 0. The minimum atomic E-state index is -0.547. The Morgan fingerprint density at radius 3 is 2.36 bits per heavy atom. The van der Waals surface area contributed by atoms with Gasteiger partial charge in [0.2, 0.25) is 5.95 Å². The van der Waals surface area contributed by atoms with Crippen LogP contribution in [0.4, 0.5) is 5.95 Å². The fourth-order valence-electron chi connectivity index (χ4n) is 1.73. The molecule has 0 radical (unpaired) electrons. The number of imidazole rings is 2. The van der Waals surface area contributed by atoms with E-state index in [1.807, 2.05) is 0 Å². The van der Waals surface area contributed by atoms with Crippen LogP contribution in [0, 0.1) is 0 Å². The highest BCUT2D eigenvalue weighted by Crippen LogP contribution is 1.98. The third kappa shape index (κ3) is 2.35. The van der Waals surface area contributed by atoms with Gasteiger partial charge in [-0.05, 0) is 0 Å². The lowest BCUT2D eigenvalue weighted by Crippen LogP contribution is -2.21. The summed E-state index contributed by atoms with van der Waals surface area (Å²) in [5.74, 6) is 0.0783. The van der Waals surface area contributed by atoms with Crippen LogP contribution in [0.1, 0.15) is 0 Å². The summed E-state index contributed by atoms with van der Waals surface area (Å²) >= 11 is 0. The van der Waals surface area contributed by atoms with Crippen LogP contribution in [-0.4, -0.2) is 39.9 Å². The molecule has 0 atom stereocenters. The van der Waals surface area contributed by atoms with E-state index in [1.54, 1.807) is 0 Å². The van der Waals surface area contributed by atoms with Crippen molar-refractivity contribution in [2.45, 2.75) is 0 Å². The fourth-order valence-corrected chi connectivity index (χ4v) is 1.73. The zero-order valence-electron chi connectivity index (χ0n) is 10.8. The smallest absolute Gasteiger partial charge is 0.327 e. The lowest BCUT2D eigenvalue weighted by Gasteiger charge is -1.89. The maximum Gasteiger partial charge on any atom is 0.327 e. The van der Waals surface area contributed by atoms with Gasteiger partial charge in [0, 0.05) is 0 Å². The van der Waals surface area contributed by atoms with Gasteiger partial charge in [-0.2, -0.15) is 4.98 Å². The van der Waals surface area contributed by atoms with Crippen LogP contribution >= 0.6 is 0 Å². The van der Waals surface area contributed by atoms with E-state index in [0.717, 1.165) is 0 Å². The molecule has 0 aliphatic carbocycles. The number of nitrogen functional groups attached to an aromatic ring is 1. The average molecular weight is 303 g/mol. The first-order valence-corrected chi connectivity index (χ1v) is 5.89. The van der Waals surface area contributed by atoms with E-state index in [-0.39, 0.29) is 22.7 Å². The topological polar surface area (TPSA) is 195 Å². The largest absolute Gasteiger partial charge is 0.369 e. The standard InChI is InChI=1S/C5H5N5O.C5H4N4O2/c6-5-9-3-2(4(11)10-5)7-1-8-3;10-4-2-3(7-1-6-2)8-5(11)9-4/h1H,(H4,6,7,8,9,10,11);1H,(H3,6,7,8,9,10,11). The van der Waals surface area contributed by atoms with Crippen molar-refractivity contribution in [2.75, 3.05) is 5.73 Å². The van der Waals surface area contributed by atoms with Gasteiger partial charge in [-0.3, -0.25) is 24.5 Å². The normalized spacial score (nSPS) is 10.5. The first kappa shape index (κ1) is 13.3. The molecule has 7 N–H and O–H groups in total. The molecule has 0 aromatic carbocycles. The lowest BCUT2D eigenvalue weighted by atomic mass is 10.5. The second-order valence-electron chi connectivity index (χ2n) is 4.09. The number of anilines is 1. The Bertz CT molecular complexity index is 1110. The minimum absolute atomic E-state index is 0.0783. The van der Waals surface area contributed by atoms with Crippen LogP contribution in [0.25, 0.3) is 22.3 Å². The van der Waals surface area contributed by atoms with Crippen LogP contribution in [0.15, 0.2) is 27.0 Å². The Kier molecular flexibility index (Phi) is 3.02. The fraction of sp³-hybridized carbons (Fsp3) is 0. The molecule has 0 saturated heterocycles. The van der Waals surface area contributed by atoms with Crippen LogP contribution in [0.3, 0.4) is 0 Å². The molecule has 0 saturated carbocycles. The predicted molar refractivity (Wildman–Crippen MR) is 76.3 cm³/mol. The average Bonchev–Trinajstić information content (AvgIpc) is 3.07. The molecule has 22 heavy (non-hydrogen) atoms. The monoisotopic (exact) mass is 303 g/mol. The van der Waals surface area contributed by atoms with Crippen LogP contribution < -0.4 is 22.5 Å². The number of nitrogens with two attached hydrogens (primary N) is 1. The molecule has 4 heterocycles. The third-order valence-electron chi connectivity index (χ3n) is 2.64. The van der Waals surface area contributed by atoms with Crippen LogP contribution in [0.2, 0.25) is 0 Å². The molecule has 112 valence electrons. The highest BCUT2D eigenvalue weighted by Gasteiger charge is 2.02. The number of nitrogens with zero attached hydrogens (tertiary/aromatic N) is 3. The van der Waals surface area contributed by atoms with Crippen molar-refractivity contribution in [1.29, 1.82) is 0 Å². The third-order valence-corrected chi connectivity index (χ3v) is 2.64. The van der Waals surface area contributed by atoms with E-state index in [1.165, 1.54) is 12.7 Å². The first-order chi connectivity index (χ1) is 10.5. The van der Waals surface area contributed by atoms with Crippen molar-refractivity contribution < 1.29 is 0 Å². The number of aromatic amines is 5. The van der Waals surface area contributed by atoms with Gasteiger partial charge in [0.15, 0.2) is 16.8 Å². The summed E-state index contributed by atoms with van der Waals surface area (Å²) < 4.78 is 0. The highest BCUT2D eigenvalue weighted by atomic mass is 16.2. The summed E-state index contributed by atoms with van der Waals surface area (Å²) in [5, 5.41) is 0. The van der Waals surface area contributed by atoms with Gasteiger partial charge in [-0.1, -0.05) is 0 Å².